The fourth-order valence-corrected chi connectivity index (χ4v) is 3.06. The van der Waals surface area contributed by atoms with Crippen LogP contribution in [-0.2, 0) is 6.54 Å². The van der Waals surface area contributed by atoms with Gasteiger partial charge in [-0.3, -0.25) is 9.69 Å². The summed E-state index contributed by atoms with van der Waals surface area (Å²) in [5, 5.41) is 0.794. The zero-order valence-electron chi connectivity index (χ0n) is 12.6. The average molecular weight is 319 g/mol. The Morgan fingerprint density at radius 2 is 1.95 bits per heavy atom. The van der Waals surface area contributed by atoms with E-state index in [0.29, 0.717) is 12.4 Å². The monoisotopic (exact) mass is 318 g/mol. The Kier molecular flexibility index (Phi) is 4.45. The van der Waals surface area contributed by atoms with Gasteiger partial charge in [-0.25, -0.2) is 4.98 Å². The molecule has 0 atom stereocenters. The van der Waals surface area contributed by atoms with E-state index in [0.717, 1.165) is 42.6 Å². The van der Waals surface area contributed by atoms with Gasteiger partial charge in [-0.05, 0) is 19.1 Å². The Balaban J connectivity index is 1.62. The first kappa shape index (κ1) is 15.1. The SMILES string of the molecule is Cc1nc(CN2CCN(c3ccccc3Cl)CC2)cc(=O)[nH]1. The van der Waals surface area contributed by atoms with E-state index in [4.69, 9.17) is 11.6 Å². The van der Waals surface area contributed by atoms with Crippen LogP contribution in [0.3, 0.4) is 0 Å². The molecule has 1 fully saturated rings. The summed E-state index contributed by atoms with van der Waals surface area (Å²) < 4.78 is 0. The zero-order valence-corrected chi connectivity index (χ0v) is 13.3. The minimum absolute atomic E-state index is 0.0859. The van der Waals surface area contributed by atoms with Crippen molar-refractivity contribution in [3.8, 4) is 0 Å². The number of rotatable bonds is 3. The first-order chi connectivity index (χ1) is 10.6. The number of piperazine rings is 1. The molecule has 0 spiro atoms. The molecule has 0 radical (unpaired) electrons. The molecule has 0 unspecified atom stereocenters. The van der Waals surface area contributed by atoms with E-state index in [1.807, 2.05) is 18.2 Å². The predicted molar refractivity (Wildman–Crippen MR) is 88.5 cm³/mol. The van der Waals surface area contributed by atoms with Gasteiger partial charge in [0.05, 0.1) is 16.4 Å². The molecule has 6 heteroatoms. The first-order valence-electron chi connectivity index (χ1n) is 7.40. The number of halogens is 1. The number of benzene rings is 1. The lowest BCUT2D eigenvalue weighted by Gasteiger charge is -2.36. The normalized spacial score (nSPS) is 16.0. The molecule has 2 aromatic rings. The van der Waals surface area contributed by atoms with Crippen LogP contribution >= 0.6 is 11.6 Å². The Labute approximate surface area is 134 Å². The van der Waals surface area contributed by atoms with Crippen LogP contribution in [0.15, 0.2) is 35.1 Å². The van der Waals surface area contributed by atoms with Gasteiger partial charge < -0.3 is 9.88 Å². The van der Waals surface area contributed by atoms with Crippen molar-refractivity contribution in [1.29, 1.82) is 0 Å². The van der Waals surface area contributed by atoms with Gasteiger partial charge in [-0.15, -0.1) is 0 Å². The molecule has 22 heavy (non-hydrogen) atoms. The largest absolute Gasteiger partial charge is 0.368 e. The van der Waals surface area contributed by atoms with Gasteiger partial charge in [-0.2, -0.15) is 0 Å². The second-order valence-corrected chi connectivity index (χ2v) is 5.94. The van der Waals surface area contributed by atoms with Crippen LogP contribution < -0.4 is 10.5 Å². The number of H-pyrrole nitrogens is 1. The number of nitrogens with one attached hydrogen (secondary N) is 1. The van der Waals surface area contributed by atoms with Gasteiger partial charge in [0, 0.05) is 38.8 Å². The summed E-state index contributed by atoms with van der Waals surface area (Å²) in [6.07, 6.45) is 0. The minimum Gasteiger partial charge on any atom is -0.368 e. The van der Waals surface area contributed by atoms with Crippen molar-refractivity contribution < 1.29 is 0 Å². The van der Waals surface area contributed by atoms with Crippen LogP contribution in [0.5, 0.6) is 0 Å². The van der Waals surface area contributed by atoms with Crippen LogP contribution in [0.25, 0.3) is 0 Å². The molecule has 3 rings (SSSR count). The van der Waals surface area contributed by atoms with Crippen molar-refractivity contribution in [3.05, 3.63) is 57.2 Å². The standard InChI is InChI=1S/C16H19ClN4O/c1-12-18-13(10-16(22)19-12)11-20-6-8-21(9-7-20)15-5-3-2-4-14(15)17/h2-5,10H,6-9,11H2,1H3,(H,18,19,22). The van der Waals surface area contributed by atoms with Gasteiger partial charge in [-0.1, -0.05) is 23.7 Å². The summed E-state index contributed by atoms with van der Waals surface area (Å²) in [6.45, 7) is 6.22. The maximum absolute atomic E-state index is 11.5. The number of anilines is 1. The molecule has 1 N–H and O–H groups in total. The Hall–Kier alpha value is -1.85. The molecule has 0 saturated carbocycles. The number of aryl methyl sites for hydroxylation is 1. The number of para-hydroxylation sites is 1. The third-order valence-corrected chi connectivity index (χ3v) is 4.18. The van der Waals surface area contributed by atoms with Crippen molar-refractivity contribution in [1.82, 2.24) is 14.9 Å². The Morgan fingerprint density at radius 1 is 1.23 bits per heavy atom. The number of aromatic amines is 1. The van der Waals surface area contributed by atoms with E-state index in [-0.39, 0.29) is 5.56 Å². The van der Waals surface area contributed by atoms with Crippen LogP contribution in [0, 0.1) is 6.92 Å². The highest BCUT2D eigenvalue weighted by atomic mass is 35.5. The van der Waals surface area contributed by atoms with E-state index in [1.54, 1.807) is 13.0 Å². The van der Waals surface area contributed by atoms with Crippen molar-refractivity contribution in [2.75, 3.05) is 31.1 Å². The summed E-state index contributed by atoms with van der Waals surface area (Å²) in [6, 6.07) is 9.51. The number of aromatic nitrogens is 2. The maximum atomic E-state index is 11.5. The first-order valence-corrected chi connectivity index (χ1v) is 7.78. The van der Waals surface area contributed by atoms with Crippen molar-refractivity contribution in [2.45, 2.75) is 13.5 Å². The topological polar surface area (TPSA) is 52.2 Å². The van der Waals surface area contributed by atoms with E-state index in [1.165, 1.54) is 0 Å². The molecule has 1 aliphatic heterocycles. The Bertz CT molecular complexity index is 707. The summed E-state index contributed by atoms with van der Waals surface area (Å²) >= 11 is 6.26. The quantitative estimate of drug-likeness (QED) is 0.941. The number of nitrogens with zero attached hydrogens (tertiary/aromatic N) is 3. The van der Waals surface area contributed by atoms with Crippen LogP contribution in [0.4, 0.5) is 5.69 Å². The molecule has 0 aliphatic carbocycles. The summed E-state index contributed by atoms with van der Waals surface area (Å²) in [5.74, 6) is 0.664. The minimum atomic E-state index is -0.0859. The van der Waals surface area contributed by atoms with E-state index in [9.17, 15) is 4.79 Å². The van der Waals surface area contributed by atoms with E-state index >= 15 is 0 Å². The third-order valence-electron chi connectivity index (χ3n) is 3.86. The molecule has 2 heterocycles. The summed E-state index contributed by atoms with van der Waals surface area (Å²) in [7, 11) is 0. The second kappa shape index (κ2) is 6.50. The number of hydrogen-bond acceptors (Lipinski definition) is 4. The predicted octanol–water partition coefficient (Wildman–Crippen LogP) is 2.05. The summed E-state index contributed by atoms with van der Waals surface area (Å²) in [5.41, 5.74) is 1.83. The Morgan fingerprint density at radius 3 is 2.64 bits per heavy atom. The molecule has 5 nitrogen and oxygen atoms in total. The fourth-order valence-electron chi connectivity index (χ4n) is 2.81. The van der Waals surface area contributed by atoms with Crippen molar-refractivity contribution in [2.24, 2.45) is 0 Å². The van der Waals surface area contributed by atoms with Gasteiger partial charge in [0.15, 0.2) is 0 Å². The van der Waals surface area contributed by atoms with Crippen molar-refractivity contribution in [3.63, 3.8) is 0 Å². The molecule has 116 valence electrons. The fraction of sp³-hybridized carbons (Fsp3) is 0.375. The van der Waals surface area contributed by atoms with Crippen molar-refractivity contribution >= 4 is 17.3 Å². The lowest BCUT2D eigenvalue weighted by atomic mass is 10.2. The van der Waals surface area contributed by atoms with Gasteiger partial charge in [0.25, 0.3) is 5.56 Å². The van der Waals surface area contributed by atoms with Gasteiger partial charge in [0.2, 0.25) is 0 Å². The lowest BCUT2D eigenvalue weighted by molar-refractivity contribution is 0.247. The summed E-state index contributed by atoms with van der Waals surface area (Å²) in [4.78, 5) is 23.2. The van der Waals surface area contributed by atoms with Crippen LogP contribution in [0.1, 0.15) is 11.5 Å². The van der Waals surface area contributed by atoms with E-state index in [2.05, 4.69) is 25.8 Å². The van der Waals surface area contributed by atoms with Crippen LogP contribution in [0.2, 0.25) is 5.02 Å². The lowest BCUT2D eigenvalue weighted by Crippen LogP contribution is -2.46. The highest BCUT2D eigenvalue weighted by Crippen LogP contribution is 2.26. The highest BCUT2D eigenvalue weighted by Gasteiger charge is 2.19. The van der Waals surface area contributed by atoms with Crippen LogP contribution in [-0.4, -0.2) is 41.0 Å². The highest BCUT2D eigenvalue weighted by molar-refractivity contribution is 6.33. The molecule has 0 amide bonds. The molecule has 1 aliphatic rings. The number of hydrogen-bond donors (Lipinski definition) is 1. The van der Waals surface area contributed by atoms with Gasteiger partial charge >= 0.3 is 0 Å². The zero-order chi connectivity index (χ0) is 15.5. The maximum Gasteiger partial charge on any atom is 0.251 e. The second-order valence-electron chi connectivity index (χ2n) is 5.54. The molecule has 1 saturated heterocycles. The van der Waals surface area contributed by atoms with E-state index < -0.39 is 0 Å². The average Bonchev–Trinajstić information content (AvgIpc) is 2.48. The van der Waals surface area contributed by atoms with Gasteiger partial charge in [0.1, 0.15) is 5.82 Å². The molecular formula is C16H19ClN4O. The molecular weight excluding hydrogens is 300 g/mol. The molecule has 0 bridgehead atoms. The molecule has 1 aromatic heterocycles. The third kappa shape index (κ3) is 3.48. The molecule has 1 aromatic carbocycles. The smallest absolute Gasteiger partial charge is 0.251 e.